The number of carbonyl (C=O) groups is 1. The number of benzene rings is 2. The molecule has 2 aliphatic rings. The Morgan fingerprint density at radius 3 is 2.45 bits per heavy atom. The summed E-state index contributed by atoms with van der Waals surface area (Å²) in [4.78, 5) is 22.8. The number of para-hydroxylation sites is 1. The van der Waals surface area contributed by atoms with E-state index >= 15 is 0 Å². The summed E-state index contributed by atoms with van der Waals surface area (Å²) in [5.74, 6) is -0.194. The smallest absolute Gasteiger partial charge is 0.230 e. The van der Waals surface area contributed by atoms with Crippen molar-refractivity contribution >= 4 is 78.1 Å². The fourth-order valence-corrected chi connectivity index (χ4v) is 9.04. The number of carbonyl (C=O) groups excluding carboxylic acids is 1. The largest absolute Gasteiger partial charge is 0.312 e. The Balaban J connectivity index is 1.15. The molecule has 2 aromatic carbocycles. The first-order valence-corrected chi connectivity index (χ1v) is 17.9. The predicted molar refractivity (Wildman–Crippen MR) is 168 cm³/mol. The normalized spacial score (nSPS) is 18.4. The van der Waals surface area contributed by atoms with Crippen LogP contribution in [-0.2, 0) is 14.8 Å². The highest BCUT2D eigenvalue weighted by molar-refractivity contribution is 8.01. The third kappa shape index (κ3) is 7.51. The van der Waals surface area contributed by atoms with Gasteiger partial charge in [0.2, 0.25) is 15.9 Å². The number of amides is 1. The highest BCUT2D eigenvalue weighted by Gasteiger charge is 2.32. The van der Waals surface area contributed by atoms with Crippen molar-refractivity contribution < 1.29 is 13.2 Å². The molecule has 7 nitrogen and oxygen atoms in total. The second-order valence-electron chi connectivity index (χ2n) is 10.5. The average molecular weight is 642 g/mol. The van der Waals surface area contributed by atoms with Gasteiger partial charge in [0.15, 0.2) is 4.34 Å². The van der Waals surface area contributed by atoms with Crippen LogP contribution in [0.4, 0.5) is 5.69 Å². The molecular formula is C28H34Cl2N4O3S3. The number of rotatable bonds is 9. The molecule has 3 aromatic rings. The number of aromatic nitrogens is 1. The molecule has 1 aromatic heterocycles. The van der Waals surface area contributed by atoms with Gasteiger partial charge in [0.1, 0.15) is 0 Å². The number of piperidine rings is 2. The van der Waals surface area contributed by atoms with Crippen molar-refractivity contribution in [2.45, 2.75) is 41.7 Å². The number of anilines is 1. The van der Waals surface area contributed by atoms with Gasteiger partial charge in [0, 0.05) is 36.5 Å². The summed E-state index contributed by atoms with van der Waals surface area (Å²) in [6, 6.07) is 13.6. The zero-order valence-electron chi connectivity index (χ0n) is 22.5. The summed E-state index contributed by atoms with van der Waals surface area (Å²) < 4.78 is 27.7. The van der Waals surface area contributed by atoms with E-state index in [0.29, 0.717) is 47.8 Å². The van der Waals surface area contributed by atoms with E-state index in [-0.39, 0.29) is 11.8 Å². The van der Waals surface area contributed by atoms with Crippen molar-refractivity contribution in [2.24, 2.45) is 5.92 Å². The second kappa shape index (κ2) is 13.3. The van der Waals surface area contributed by atoms with Gasteiger partial charge in [-0.15, -0.1) is 11.3 Å². The lowest BCUT2D eigenvalue weighted by molar-refractivity contribution is -0.123. The Morgan fingerprint density at radius 1 is 1.05 bits per heavy atom. The molecule has 1 amide bonds. The third-order valence-corrected chi connectivity index (χ3v) is 12.2. The number of fused-ring (bicyclic) bond motifs is 1. The molecule has 216 valence electrons. The second-order valence-corrected chi connectivity index (χ2v) is 15.9. The molecule has 0 spiro atoms. The van der Waals surface area contributed by atoms with E-state index in [1.54, 1.807) is 23.5 Å². The van der Waals surface area contributed by atoms with Crippen LogP contribution in [0, 0.1) is 5.92 Å². The molecule has 0 radical (unpaired) electrons. The first-order chi connectivity index (χ1) is 19.2. The monoisotopic (exact) mass is 640 g/mol. The van der Waals surface area contributed by atoms with E-state index < -0.39 is 10.0 Å². The summed E-state index contributed by atoms with van der Waals surface area (Å²) in [5.41, 5.74) is 1.81. The number of likely N-dealkylation sites (tertiary alicyclic amines) is 1. The molecule has 3 heterocycles. The molecule has 0 N–H and O–H groups in total. The molecule has 5 rings (SSSR count). The zero-order chi connectivity index (χ0) is 28.3. The Labute approximate surface area is 254 Å². The number of hydrogen-bond donors (Lipinski definition) is 0. The standard InChI is InChI=1S/C28H34Cl2N4O3S3/c1-40(36,37)33-17-9-20(10-18-33)27(35)34(21-7-8-23(29)24(30)19-21)14-4-13-32-15-11-22(12-16-32)38-28-31-25-5-2-3-6-26(25)39-28/h2-3,5-8,19-20,22H,4,9-18H2,1H3. The quantitative estimate of drug-likeness (QED) is 0.275. The summed E-state index contributed by atoms with van der Waals surface area (Å²) >= 11 is 16.1. The van der Waals surface area contributed by atoms with E-state index in [2.05, 4.69) is 23.1 Å². The minimum absolute atomic E-state index is 0.0254. The van der Waals surface area contributed by atoms with Crippen LogP contribution in [0.2, 0.25) is 10.0 Å². The van der Waals surface area contributed by atoms with Crippen molar-refractivity contribution in [3.05, 3.63) is 52.5 Å². The van der Waals surface area contributed by atoms with Gasteiger partial charge in [-0.05, 0) is 82.1 Å². The fraction of sp³-hybridized carbons (Fsp3) is 0.500. The Kier molecular flexibility index (Phi) is 9.98. The summed E-state index contributed by atoms with van der Waals surface area (Å²) in [6.45, 7) is 4.29. The van der Waals surface area contributed by atoms with Gasteiger partial charge in [-0.3, -0.25) is 4.79 Å². The molecular weight excluding hydrogens is 607 g/mol. The average Bonchev–Trinajstić information content (AvgIpc) is 3.35. The van der Waals surface area contributed by atoms with Crippen LogP contribution in [-0.4, -0.2) is 79.3 Å². The van der Waals surface area contributed by atoms with E-state index in [1.165, 1.54) is 15.3 Å². The third-order valence-electron chi connectivity index (χ3n) is 7.69. The lowest BCUT2D eigenvalue weighted by Crippen LogP contribution is -2.45. The maximum atomic E-state index is 13.7. The van der Waals surface area contributed by atoms with Gasteiger partial charge in [-0.25, -0.2) is 17.7 Å². The van der Waals surface area contributed by atoms with Crippen molar-refractivity contribution in [2.75, 3.05) is 50.4 Å². The maximum absolute atomic E-state index is 13.7. The van der Waals surface area contributed by atoms with Gasteiger partial charge < -0.3 is 9.80 Å². The topological polar surface area (TPSA) is 73.8 Å². The minimum atomic E-state index is -3.25. The first-order valence-electron chi connectivity index (χ1n) is 13.6. The van der Waals surface area contributed by atoms with Crippen LogP contribution < -0.4 is 4.90 Å². The number of thioether (sulfide) groups is 1. The molecule has 0 bridgehead atoms. The van der Waals surface area contributed by atoms with Gasteiger partial charge in [0.25, 0.3) is 0 Å². The highest BCUT2D eigenvalue weighted by Crippen LogP contribution is 2.36. The van der Waals surface area contributed by atoms with Crippen LogP contribution in [0.25, 0.3) is 10.2 Å². The lowest BCUT2D eigenvalue weighted by atomic mass is 9.96. The minimum Gasteiger partial charge on any atom is -0.312 e. The number of thiazole rings is 1. The molecule has 0 atom stereocenters. The van der Waals surface area contributed by atoms with Gasteiger partial charge in [-0.2, -0.15) is 0 Å². The molecule has 2 fully saturated rings. The molecule has 0 unspecified atom stereocenters. The number of sulfonamides is 1. The molecule has 0 aliphatic carbocycles. The van der Waals surface area contributed by atoms with E-state index in [4.69, 9.17) is 28.2 Å². The van der Waals surface area contributed by atoms with E-state index in [1.807, 2.05) is 28.8 Å². The highest BCUT2D eigenvalue weighted by atomic mass is 35.5. The molecule has 0 saturated carbocycles. The molecule has 2 saturated heterocycles. The van der Waals surface area contributed by atoms with Crippen LogP contribution >= 0.6 is 46.3 Å². The SMILES string of the molecule is CS(=O)(=O)N1CCC(C(=O)N(CCCN2CCC(Sc3nc4ccccc4s3)CC2)c2ccc(Cl)c(Cl)c2)CC1. The lowest BCUT2D eigenvalue weighted by Gasteiger charge is -2.34. The Bertz CT molecular complexity index is 1400. The number of halogens is 2. The summed E-state index contributed by atoms with van der Waals surface area (Å²) in [7, 11) is -3.25. The van der Waals surface area contributed by atoms with Gasteiger partial charge in [-0.1, -0.05) is 47.1 Å². The van der Waals surface area contributed by atoms with Crippen molar-refractivity contribution in [3.8, 4) is 0 Å². The molecule has 2 aliphatic heterocycles. The number of hydrogen-bond acceptors (Lipinski definition) is 7. The molecule has 40 heavy (non-hydrogen) atoms. The van der Waals surface area contributed by atoms with Gasteiger partial charge in [0.05, 0.1) is 26.5 Å². The van der Waals surface area contributed by atoms with Crippen molar-refractivity contribution in [1.82, 2.24) is 14.2 Å². The number of nitrogens with zero attached hydrogens (tertiary/aromatic N) is 4. The van der Waals surface area contributed by atoms with Crippen molar-refractivity contribution in [1.29, 1.82) is 0 Å². The Morgan fingerprint density at radius 2 is 1.77 bits per heavy atom. The first kappa shape index (κ1) is 30.1. The van der Waals surface area contributed by atoms with Crippen LogP contribution in [0.1, 0.15) is 32.1 Å². The summed E-state index contributed by atoms with van der Waals surface area (Å²) in [6.07, 6.45) is 5.33. The van der Waals surface area contributed by atoms with Crippen LogP contribution in [0.15, 0.2) is 46.8 Å². The van der Waals surface area contributed by atoms with E-state index in [9.17, 15) is 13.2 Å². The van der Waals surface area contributed by atoms with Crippen LogP contribution in [0.5, 0.6) is 0 Å². The van der Waals surface area contributed by atoms with Gasteiger partial charge >= 0.3 is 0 Å². The summed E-state index contributed by atoms with van der Waals surface area (Å²) in [5, 5.41) is 1.44. The fourth-order valence-electron chi connectivity index (χ4n) is 5.42. The molecule has 12 heteroatoms. The zero-order valence-corrected chi connectivity index (χ0v) is 26.4. The Hall–Kier alpha value is -1.40. The predicted octanol–water partition coefficient (Wildman–Crippen LogP) is 6.25. The maximum Gasteiger partial charge on any atom is 0.230 e. The van der Waals surface area contributed by atoms with E-state index in [0.717, 1.165) is 54.4 Å². The van der Waals surface area contributed by atoms with Crippen LogP contribution in [0.3, 0.4) is 0 Å². The van der Waals surface area contributed by atoms with Crippen molar-refractivity contribution in [3.63, 3.8) is 0 Å².